The molecule has 1 aromatic heterocycles. The van der Waals surface area contributed by atoms with Gasteiger partial charge in [-0.2, -0.15) is 5.26 Å². The van der Waals surface area contributed by atoms with Crippen LogP contribution in [0.1, 0.15) is 35.0 Å². The highest BCUT2D eigenvalue weighted by Gasteiger charge is 2.51. The first kappa shape index (κ1) is 26.7. The summed E-state index contributed by atoms with van der Waals surface area (Å²) in [6.07, 6.45) is 0.586. The number of nitrogens with two attached hydrogens (primary N) is 1. The Labute approximate surface area is 226 Å². The molecule has 11 nitrogen and oxygen atoms in total. The number of fused-ring (bicyclic) bond motifs is 1. The summed E-state index contributed by atoms with van der Waals surface area (Å²) in [7, 11) is 0. The number of hydrogen-bond donors (Lipinski definition) is 3. The second-order valence-electron chi connectivity index (χ2n) is 8.83. The molecular weight excluding hydrogens is 535 g/mol. The van der Waals surface area contributed by atoms with E-state index in [2.05, 4.69) is 10.3 Å². The fourth-order valence-electron chi connectivity index (χ4n) is 4.35. The highest BCUT2D eigenvalue weighted by Crippen LogP contribution is 2.43. The molecule has 0 aliphatic carbocycles. The summed E-state index contributed by atoms with van der Waals surface area (Å²) < 4.78 is 1.41. The molecular formula is C25H20Cl2N6O5. The Balaban J connectivity index is 1.83. The maximum absolute atomic E-state index is 14.0. The lowest BCUT2D eigenvalue weighted by Crippen LogP contribution is -2.47. The quantitative estimate of drug-likeness (QED) is 0.384. The van der Waals surface area contributed by atoms with Crippen LogP contribution in [0.5, 0.6) is 0 Å². The van der Waals surface area contributed by atoms with E-state index in [1.165, 1.54) is 33.9 Å². The number of nitriles is 1. The Kier molecular flexibility index (Phi) is 7.13. The lowest BCUT2D eigenvalue weighted by molar-refractivity contribution is -0.139. The molecule has 2 heterocycles. The van der Waals surface area contributed by atoms with Gasteiger partial charge in [-0.05, 0) is 42.8 Å². The van der Waals surface area contributed by atoms with Crippen molar-refractivity contribution in [2.45, 2.75) is 31.3 Å². The third kappa shape index (κ3) is 4.91. The van der Waals surface area contributed by atoms with Gasteiger partial charge in [-0.3, -0.25) is 23.7 Å². The first-order chi connectivity index (χ1) is 17.9. The fraction of sp³-hybridized carbons (Fsp3) is 0.200. The van der Waals surface area contributed by atoms with E-state index in [1.54, 1.807) is 31.2 Å². The topological polar surface area (TPSA) is 171 Å². The minimum absolute atomic E-state index is 0.0866. The van der Waals surface area contributed by atoms with E-state index in [4.69, 9.17) is 39.3 Å². The molecule has 0 fully saturated rings. The summed E-state index contributed by atoms with van der Waals surface area (Å²) in [4.78, 5) is 55.7. The van der Waals surface area contributed by atoms with Crippen LogP contribution < -0.4 is 16.0 Å². The van der Waals surface area contributed by atoms with Crippen molar-refractivity contribution in [3.05, 3.63) is 75.5 Å². The first-order valence-corrected chi connectivity index (χ1v) is 11.9. The molecule has 0 saturated carbocycles. The molecule has 0 bridgehead atoms. The van der Waals surface area contributed by atoms with Gasteiger partial charge in [0.15, 0.2) is 0 Å². The van der Waals surface area contributed by atoms with Gasteiger partial charge in [0.25, 0.3) is 11.8 Å². The van der Waals surface area contributed by atoms with Crippen LogP contribution in [0, 0.1) is 11.3 Å². The van der Waals surface area contributed by atoms with E-state index >= 15 is 0 Å². The number of benzene rings is 2. The van der Waals surface area contributed by atoms with Crippen molar-refractivity contribution >= 4 is 58.5 Å². The number of amides is 3. The van der Waals surface area contributed by atoms with Gasteiger partial charge < -0.3 is 16.2 Å². The van der Waals surface area contributed by atoms with E-state index in [0.717, 1.165) is 0 Å². The van der Waals surface area contributed by atoms with E-state index < -0.39 is 41.7 Å². The maximum atomic E-state index is 14.0. The molecule has 0 unspecified atom stereocenters. The Hall–Kier alpha value is -4.40. The number of aromatic nitrogens is 2. The molecule has 2 aromatic carbocycles. The van der Waals surface area contributed by atoms with Crippen LogP contribution in [-0.4, -0.2) is 44.4 Å². The summed E-state index contributed by atoms with van der Waals surface area (Å²) in [6.45, 7) is 1.62. The van der Waals surface area contributed by atoms with Crippen LogP contribution in [0.2, 0.25) is 10.0 Å². The van der Waals surface area contributed by atoms with E-state index in [9.17, 15) is 19.2 Å². The number of carbonyl (C=O) groups is 4. The highest BCUT2D eigenvalue weighted by atomic mass is 35.5. The number of nitrogens with one attached hydrogen (secondary N) is 1. The molecule has 3 aromatic rings. The summed E-state index contributed by atoms with van der Waals surface area (Å²) >= 11 is 12.4. The van der Waals surface area contributed by atoms with Crippen molar-refractivity contribution in [1.82, 2.24) is 14.9 Å². The van der Waals surface area contributed by atoms with Gasteiger partial charge in [-0.25, -0.2) is 9.88 Å². The van der Waals surface area contributed by atoms with Gasteiger partial charge in [0.2, 0.25) is 11.9 Å². The molecule has 4 N–H and O–H groups in total. The summed E-state index contributed by atoms with van der Waals surface area (Å²) in [5.74, 6) is -3.58. The monoisotopic (exact) mass is 554 g/mol. The predicted octanol–water partition coefficient (Wildman–Crippen LogP) is 2.76. The summed E-state index contributed by atoms with van der Waals surface area (Å²) in [5.41, 5.74) is 5.21. The van der Waals surface area contributed by atoms with Crippen LogP contribution in [0.15, 0.2) is 48.7 Å². The number of nitrogens with zero attached hydrogens (tertiary/aromatic N) is 4. The second-order valence-corrected chi connectivity index (χ2v) is 9.71. The van der Waals surface area contributed by atoms with Crippen LogP contribution >= 0.6 is 23.2 Å². The molecule has 0 radical (unpaired) electrons. The van der Waals surface area contributed by atoms with Crippen LogP contribution in [0.4, 0.5) is 11.6 Å². The summed E-state index contributed by atoms with van der Waals surface area (Å²) in [6, 6.07) is 11.7. The number of rotatable bonds is 8. The van der Waals surface area contributed by atoms with Crippen molar-refractivity contribution in [2.75, 3.05) is 4.90 Å². The van der Waals surface area contributed by atoms with E-state index in [1.807, 2.05) is 6.07 Å². The smallest absolute Gasteiger partial charge is 0.305 e. The lowest BCUT2D eigenvalue weighted by Gasteiger charge is -2.27. The van der Waals surface area contributed by atoms with Gasteiger partial charge in [-0.15, -0.1) is 0 Å². The number of carboxylic acid groups (broad SMARTS) is 1. The molecule has 0 saturated heterocycles. The zero-order valence-electron chi connectivity index (χ0n) is 19.8. The Morgan fingerprint density at radius 2 is 1.82 bits per heavy atom. The number of aliphatic carboxylic acids is 1. The van der Waals surface area contributed by atoms with Gasteiger partial charge in [0.1, 0.15) is 17.3 Å². The van der Waals surface area contributed by atoms with E-state index in [-0.39, 0.29) is 28.1 Å². The van der Waals surface area contributed by atoms with Crippen molar-refractivity contribution in [3.63, 3.8) is 0 Å². The molecule has 13 heteroatoms. The van der Waals surface area contributed by atoms with Crippen LogP contribution in [0.25, 0.3) is 0 Å². The van der Waals surface area contributed by atoms with Gasteiger partial charge in [-0.1, -0.05) is 35.3 Å². The number of halogens is 2. The number of primary amides is 1. The first-order valence-electron chi connectivity index (χ1n) is 11.1. The van der Waals surface area contributed by atoms with Crippen molar-refractivity contribution in [1.29, 1.82) is 5.26 Å². The molecule has 1 aliphatic rings. The maximum Gasteiger partial charge on any atom is 0.305 e. The molecule has 38 heavy (non-hydrogen) atoms. The van der Waals surface area contributed by atoms with Gasteiger partial charge in [0.05, 0.1) is 29.9 Å². The van der Waals surface area contributed by atoms with Crippen LogP contribution in [-0.2, 0) is 26.3 Å². The number of carbonyl (C=O) groups excluding carboxylic acids is 3. The van der Waals surface area contributed by atoms with Crippen molar-refractivity contribution in [3.8, 4) is 6.07 Å². The Morgan fingerprint density at radius 1 is 1.18 bits per heavy atom. The zero-order valence-corrected chi connectivity index (χ0v) is 21.3. The Bertz CT molecular complexity index is 1490. The molecule has 3 amide bonds. The number of hydrogen-bond acceptors (Lipinski definition) is 6. The number of carboxylic acids is 1. The number of anilines is 2. The minimum Gasteiger partial charge on any atom is -0.481 e. The van der Waals surface area contributed by atoms with Gasteiger partial charge in [0, 0.05) is 16.5 Å². The van der Waals surface area contributed by atoms with Crippen molar-refractivity contribution in [2.24, 2.45) is 5.73 Å². The standard InChI is InChI=1S/C25H20Cl2N6O5/c1-25(10-13-2-4-14(11-28)5-3-13)23(38)32(17-7-15(26)6-16(27)8-17)24-30-12-19(33(24)25)22(37)31-18(21(29)36)9-20(34)35/h2-8,12,18H,9-10H2,1H3,(H2,29,36)(H,31,37)(H,34,35)/t18-,25-/m1/s1. The molecule has 2 atom stereocenters. The van der Waals surface area contributed by atoms with Gasteiger partial charge >= 0.3 is 5.97 Å². The molecule has 4 rings (SSSR count). The fourth-order valence-corrected chi connectivity index (χ4v) is 4.87. The SMILES string of the molecule is C[C@@]1(Cc2ccc(C#N)cc2)C(=O)N(c2cc(Cl)cc(Cl)c2)c2ncc(C(=O)N[C@H](CC(=O)O)C(N)=O)n21. The third-order valence-corrected chi connectivity index (χ3v) is 6.53. The third-order valence-electron chi connectivity index (χ3n) is 6.10. The highest BCUT2D eigenvalue weighted by molar-refractivity contribution is 6.35. The average molecular weight is 555 g/mol. The zero-order chi connectivity index (χ0) is 27.8. The number of imidazole rings is 1. The normalized spacial score (nSPS) is 17.0. The van der Waals surface area contributed by atoms with Crippen molar-refractivity contribution < 1.29 is 24.3 Å². The second kappa shape index (κ2) is 10.2. The minimum atomic E-state index is -1.49. The van der Waals surface area contributed by atoms with Crippen LogP contribution in [0.3, 0.4) is 0 Å². The summed E-state index contributed by atoms with van der Waals surface area (Å²) in [5, 5.41) is 21.1. The molecule has 1 aliphatic heterocycles. The average Bonchev–Trinajstić information content (AvgIpc) is 3.36. The van der Waals surface area contributed by atoms with E-state index in [0.29, 0.717) is 16.8 Å². The molecule has 0 spiro atoms. The Morgan fingerprint density at radius 3 is 2.37 bits per heavy atom. The predicted molar refractivity (Wildman–Crippen MR) is 137 cm³/mol. The largest absolute Gasteiger partial charge is 0.481 e. The lowest BCUT2D eigenvalue weighted by atomic mass is 9.91. The molecule has 194 valence electrons.